The molecule has 0 aliphatic carbocycles. The fourth-order valence-electron chi connectivity index (χ4n) is 2.26. The molecule has 2 aromatic rings. The van der Waals surface area contributed by atoms with Crippen LogP contribution in [0.15, 0.2) is 35.7 Å². The van der Waals surface area contributed by atoms with E-state index in [2.05, 4.69) is 48.0 Å². The molecule has 0 saturated carbocycles. The van der Waals surface area contributed by atoms with Crippen molar-refractivity contribution >= 4 is 11.3 Å². The van der Waals surface area contributed by atoms with Crippen molar-refractivity contribution in [2.24, 2.45) is 0 Å². The zero-order chi connectivity index (χ0) is 12.4. The third-order valence-electron chi connectivity index (χ3n) is 3.34. The van der Waals surface area contributed by atoms with Gasteiger partial charge in [-0.25, -0.2) is 0 Å². The monoisotopic (exact) mass is 259 g/mol. The van der Waals surface area contributed by atoms with E-state index in [0.717, 1.165) is 25.3 Å². The summed E-state index contributed by atoms with van der Waals surface area (Å²) in [6, 6.07) is 11.2. The lowest BCUT2D eigenvalue weighted by molar-refractivity contribution is 0.357. The summed E-state index contributed by atoms with van der Waals surface area (Å²) in [4.78, 5) is 1.39. The van der Waals surface area contributed by atoms with Gasteiger partial charge in [0, 0.05) is 23.9 Å². The fraction of sp³-hybridized carbons (Fsp3) is 0.333. The van der Waals surface area contributed by atoms with E-state index < -0.39 is 0 Å². The Bertz CT molecular complexity index is 521. The normalized spacial score (nSPS) is 15.2. The van der Waals surface area contributed by atoms with Crippen molar-refractivity contribution < 1.29 is 4.74 Å². The topological polar surface area (TPSA) is 21.3 Å². The van der Waals surface area contributed by atoms with Gasteiger partial charge in [0.15, 0.2) is 0 Å². The lowest BCUT2D eigenvalue weighted by Gasteiger charge is -2.12. The Morgan fingerprint density at radius 3 is 3.17 bits per heavy atom. The highest BCUT2D eigenvalue weighted by atomic mass is 32.1. The summed E-state index contributed by atoms with van der Waals surface area (Å²) in [5, 5.41) is 5.69. The number of hydrogen-bond donors (Lipinski definition) is 1. The van der Waals surface area contributed by atoms with Crippen molar-refractivity contribution in [2.45, 2.75) is 25.9 Å². The van der Waals surface area contributed by atoms with Gasteiger partial charge in [-0.3, -0.25) is 0 Å². The standard InChI is InChI=1S/C15H17NOS/c1-11(15-3-2-8-18-15)16-10-12-4-5-14-13(9-12)6-7-17-14/h2-5,8-9,11,16H,6-7,10H2,1H3/t11-/m0/s1. The number of nitrogens with one attached hydrogen (secondary N) is 1. The first-order valence-electron chi connectivity index (χ1n) is 6.34. The summed E-state index contributed by atoms with van der Waals surface area (Å²) in [5.41, 5.74) is 2.68. The third kappa shape index (κ3) is 2.42. The van der Waals surface area contributed by atoms with Crippen LogP contribution in [0.2, 0.25) is 0 Å². The molecule has 3 heteroatoms. The number of hydrogen-bond acceptors (Lipinski definition) is 3. The minimum atomic E-state index is 0.412. The summed E-state index contributed by atoms with van der Waals surface area (Å²) >= 11 is 1.80. The van der Waals surface area contributed by atoms with Crippen LogP contribution in [0.3, 0.4) is 0 Å². The van der Waals surface area contributed by atoms with Crippen LogP contribution >= 0.6 is 11.3 Å². The van der Waals surface area contributed by atoms with Gasteiger partial charge >= 0.3 is 0 Å². The first-order valence-corrected chi connectivity index (χ1v) is 7.22. The molecular weight excluding hydrogens is 242 g/mol. The summed E-state index contributed by atoms with van der Waals surface area (Å²) in [5.74, 6) is 1.06. The van der Waals surface area contributed by atoms with Gasteiger partial charge in [0.2, 0.25) is 0 Å². The Balaban J connectivity index is 1.63. The van der Waals surface area contributed by atoms with Gasteiger partial charge in [-0.1, -0.05) is 18.2 Å². The molecule has 2 heterocycles. The van der Waals surface area contributed by atoms with Crippen molar-refractivity contribution in [3.05, 3.63) is 51.7 Å². The smallest absolute Gasteiger partial charge is 0.122 e. The molecule has 0 bridgehead atoms. The second-order valence-electron chi connectivity index (χ2n) is 4.66. The summed E-state index contributed by atoms with van der Waals surface area (Å²) in [6.07, 6.45) is 1.05. The van der Waals surface area contributed by atoms with Gasteiger partial charge in [-0.05, 0) is 35.6 Å². The lowest BCUT2D eigenvalue weighted by Crippen LogP contribution is -2.17. The van der Waals surface area contributed by atoms with Gasteiger partial charge in [0.25, 0.3) is 0 Å². The van der Waals surface area contributed by atoms with E-state index in [-0.39, 0.29) is 0 Å². The lowest BCUT2D eigenvalue weighted by atomic mass is 10.1. The molecule has 0 radical (unpaired) electrons. The minimum Gasteiger partial charge on any atom is -0.493 e. The van der Waals surface area contributed by atoms with E-state index >= 15 is 0 Å². The van der Waals surface area contributed by atoms with E-state index in [4.69, 9.17) is 4.74 Å². The van der Waals surface area contributed by atoms with Gasteiger partial charge < -0.3 is 10.1 Å². The molecule has 1 N–H and O–H groups in total. The highest BCUT2D eigenvalue weighted by molar-refractivity contribution is 7.10. The van der Waals surface area contributed by atoms with Crippen LogP contribution in [0, 0.1) is 0 Å². The maximum absolute atomic E-state index is 5.52. The average molecular weight is 259 g/mol. The Hall–Kier alpha value is -1.32. The highest BCUT2D eigenvalue weighted by Crippen LogP contribution is 2.26. The first-order chi connectivity index (χ1) is 8.83. The van der Waals surface area contributed by atoms with Crippen molar-refractivity contribution in [2.75, 3.05) is 6.61 Å². The van der Waals surface area contributed by atoms with Crippen LogP contribution in [0.1, 0.15) is 29.0 Å². The number of benzene rings is 1. The van der Waals surface area contributed by atoms with Gasteiger partial charge in [-0.2, -0.15) is 0 Å². The molecule has 0 saturated heterocycles. The molecule has 1 aromatic heterocycles. The summed E-state index contributed by atoms with van der Waals surface area (Å²) in [6.45, 7) is 3.95. The van der Waals surface area contributed by atoms with E-state index in [1.807, 2.05) is 0 Å². The second-order valence-corrected chi connectivity index (χ2v) is 5.64. The maximum atomic E-state index is 5.52. The average Bonchev–Trinajstić information content (AvgIpc) is 3.05. The summed E-state index contributed by atoms with van der Waals surface area (Å²) < 4.78 is 5.52. The highest BCUT2D eigenvalue weighted by Gasteiger charge is 2.12. The van der Waals surface area contributed by atoms with Gasteiger partial charge in [0.05, 0.1) is 6.61 Å². The molecule has 2 nitrogen and oxygen atoms in total. The van der Waals surface area contributed by atoms with Crippen LogP contribution in [-0.4, -0.2) is 6.61 Å². The molecule has 3 rings (SSSR count). The molecule has 94 valence electrons. The molecule has 18 heavy (non-hydrogen) atoms. The Morgan fingerprint density at radius 1 is 1.39 bits per heavy atom. The molecular formula is C15H17NOS. The van der Waals surface area contributed by atoms with Crippen LogP contribution in [0.4, 0.5) is 0 Å². The minimum absolute atomic E-state index is 0.412. The van der Waals surface area contributed by atoms with Crippen molar-refractivity contribution in [1.82, 2.24) is 5.32 Å². The molecule has 1 aliphatic rings. The van der Waals surface area contributed by atoms with Crippen molar-refractivity contribution in [3.8, 4) is 5.75 Å². The molecule has 0 amide bonds. The Kier molecular flexibility index (Phi) is 3.35. The molecule has 1 atom stereocenters. The zero-order valence-electron chi connectivity index (χ0n) is 10.5. The Labute approximate surface area is 112 Å². The van der Waals surface area contributed by atoms with Crippen LogP contribution in [-0.2, 0) is 13.0 Å². The van der Waals surface area contributed by atoms with Gasteiger partial charge in [0.1, 0.15) is 5.75 Å². The van der Waals surface area contributed by atoms with E-state index in [1.165, 1.54) is 16.0 Å². The molecule has 0 fully saturated rings. The molecule has 0 spiro atoms. The molecule has 1 aromatic carbocycles. The van der Waals surface area contributed by atoms with Crippen LogP contribution in [0.25, 0.3) is 0 Å². The predicted molar refractivity (Wildman–Crippen MR) is 75.2 cm³/mol. The molecule has 1 aliphatic heterocycles. The van der Waals surface area contributed by atoms with Crippen LogP contribution in [0.5, 0.6) is 5.75 Å². The maximum Gasteiger partial charge on any atom is 0.122 e. The van der Waals surface area contributed by atoms with Gasteiger partial charge in [-0.15, -0.1) is 11.3 Å². The van der Waals surface area contributed by atoms with Crippen LogP contribution < -0.4 is 10.1 Å². The zero-order valence-corrected chi connectivity index (χ0v) is 11.3. The van der Waals surface area contributed by atoms with E-state index in [1.54, 1.807) is 11.3 Å². The fourth-order valence-corrected chi connectivity index (χ4v) is 3.02. The second kappa shape index (κ2) is 5.12. The number of fused-ring (bicyclic) bond motifs is 1. The summed E-state index contributed by atoms with van der Waals surface area (Å²) in [7, 11) is 0. The number of rotatable bonds is 4. The third-order valence-corrected chi connectivity index (χ3v) is 4.39. The van der Waals surface area contributed by atoms with Crippen molar-refractivity contribution in [1.29, 1.82) is 0 Å². The van der Waals surface area contributed by atoms with E-state index in [9.17, 15) is 0 Å². The first kappa shape index (κ1) is 11.8. The quantitative estimate of drug-likeness (QED) is 0.907. The predicted octanol–water partition coefficient (Wildman–Crippen LogP) is 3.53. The molecule has 0 unspecified atom stereocenters. The van der Waals surface area contributed by atoms with E-state index in [0.29, 0.717) is 6.04 Å². The Morgan fingerprint density at radius 2 is 2.33 bits per heavy atom. The number of ether oxygens (including phenoxy) is 1. The van der Waals surface area contributed by atoms with Crippen molar-refractivity contribution in [3.63, 3.8) is 0 Å². The largest absolute Gasteiger partial charge is 0.493 e. The number of thiophene rings is 1. The SMILES string of the molecule is C[C@H](NCc1ccc2c(c1)CCO2)c1cccs1.